The Bertz CT molecular complexity index is 5150. The van der Waals surface area contributed by atoms with Crippen LogP contribution in [0.1, 0.15) is 52.7 Å². The van der Waals surface area contributed by atoms with E-state index in [0.29, 0.717) is 0 Å². The molecule has 4 heteroatoms. The van der Waals surface area contributed by atoms with Crippen molar-refractivity contribution in [3.05, 3.63) is 278 Å². The minimum atomic E-state index is -0.403. The molecule has 15 aromatic rings. The van der Waals surface area contributed by atoms with E-state index >= 15 is 0 Å². The first-order valence-electron chi connectivity index (χ1n) is 29.7. The molecule has 0 radical (unpaired) electrons. The van der Waals surface area contributed by atoms with Gasteiger partial charge in [-0.1, -0.05) is 211 Å². The lowest BCUT2D eigenvalue weighted by atomic mass is 9.49. The minimum Gasteiger partial charge on any atom is -0.454 e. The van der Waals surface area contributed by atoms with Gasteiger partial charge < -0.3 is 18.6 Å². The number of para-hydroxylation sites is 6. The molecule has 0 fully saturated rings. The highest BCUT2D eigenvalue weighted by atomic mass is 16.3. The van der Waals surface area contributed by atoms with Crippen molar-refractivity contribution in [1.29, 1.82) is 0 Å². The van der Waals surface area contributed by atoms with Crippen LogP contribution in [0.3, 0.4) is 0 Å². The molecular formula is C81H62N2O2. The van der Waals surface area contributed by atoms with E-state index in [2.05, 4.69) is 306 Å². The second kappa shape index (κ2) is 18.9. The topological polar surface area (TPSA) is 32.8 Å². The van der Waals surface area contributed by atoms with Crippen LogP contribution < -0.4 is 9.80 Å². The fraction of sp³-hybridized carbons (Fsp3) is 0.111. The molecule has 2 aromatic heterocycles. The van der Waals surface area contributed by atoms with Gasteiger partial charge in [-0.3, -0.25) is 0 Å². The molecule has 408 valence electrons. The highest BCUT2D eigenvalue weighted by molar-refractivity contribution is 6.20. The highest BCUT2D eigenvalue weighted by Crippen LogP contribution is 2.68. The van der Waals surface area contributed by atoms with Gasteiger partial charge in [-0.2, -0.15) is 0 Å². The first-order chi connectivity index (χ1) is 41.4. The lowest BCUT2D eigenvalue weighted by molar-refractivity contribution is 0.0965. The summed E-state index contributed by atoms with van der Waals surface area (Å²) in [4.78, 5) is 4.67. The Labute approximate surface area is 495 Å². The van der Waals surface area contributed by atoms with Crippen molar-refractivity contribution in [3.63, 3.8) is 0 Å². The molecule has 1 aliphatic rings. The van der Waals surface area contributed by atoms with E-state index in [-0.39, 0.29) is 10.8 Å². The van der Waals surface area contributed by atoms with Crippen LogP contribution in [0.5, 0.6) is 0 Å². The second-order valence-corrected chi connectivity index (χ2v) is 25.2. The number of hydrogen-bond acceptors (Lipinski definition) is 4. The third-order valence-corrected chi connectivity index (χ3v) is 18.5. The molecule has 0 saturated heterocycles. The summed E-state index contributed by atoms with van der Waals surface area (Å²) in [7, 11) is 0. The van der Waals surface area contributed by atoms with Crippen LogP contribution in [-0.4, -0.2) is 0 Å². The van der Waals surface area contributed by atoms with Gasteiger partial charge in [-0.25, -0.2) is 0 Å². The minimum absolute atomic E-state index is 0.208. The zero-order chi connectivity index (χ0) is 57.3. The van der Waals surface area contributed by atoms with Crippen molar-refractivity contribution in [2.24, 2.45) is 10.8 Å². The normalized spacial score (nSPS) is 13.2. The van der Waals surface area contributed by atoms with E-state index in [0.717, 1.165) is 89.1 Å². The number of fused-ring (bicyclic) bond motifs is 15. The summed E-state index contributed by atoms with van der Waals surface area (Å²) in [5, 5.41) is 12.0. The van der Waals surface area contributed by atoms with Gasteiger partial charge in [0.25, 0.3) is 0 Å². The van der Waals surface area contributed by atoms with Gasteiger partial charge >= 0.3 is 0 Å². The molecule has 13 aromatic carbocycles. The number of anilines is 6. The molecule has 85 heavy (non-hydrogen) atoms. The Morgan fingerprint density at radius 2 is 0.753 bits per heavy atom. The van der Waals surface area contributed by atoms with Gasteiger partial charge in [-0.05, 0) is 185 Å². The summed E-state index contributed by atoms with van der Waals surface area (Å²) >= 11 is 0. The first-order valence-corrected chi connectivity index (χ1v) is 29.7. The van der Waals surface area contributed by atoms with Crippen LogP contribution in [0.2, 0.25) is 0 Å². The number of benzene rings is 13. The van der Waals surface area contributed by atoms with Gasteiger partial charge in [-0.15, -0.1) is 0 Å². The third kappa shape index (κ3) is 7.67. The molecule has 16 rings (SSSR count). The van der Waals surface area contributed by atoms with Gasteiger partial charge in [0.15, 0.2) is 11.2 Å². The number of rotatable bonds is 8. The van der Waals surface area contributed by atoms with Gasteiger partial charge in [0.2, 0.25) is 0 Å². The zero-order valence-corrected chi connectivity index (χ0v) is 48.6. The van der Waals surface area contributed by atoms with Gasteiger partial charge in [0, 0.05) is 49.7 Å². The Hall–Kier alpha value is -10.2. The Morgan fingerprint density at radius 1 is 0.306 bits per heavy atom. The molecule has 0 atom stereocenters. The summed E-state index contributed by atoms with van der Waals surface area (Å²) in [6.07, 6.45) is 0. The molecule has 4 nitrogen and oxygen atoms in total. The molecule has 0 unspecified atom stereocenters. The lowest BCUT2D eigenvalue weighted by Crippen LogP contribution is -2.50. The standard InChI is InChI=1S/C81H62N2O2/c1-79(2,3)81(80(4,5)6)70-50-56-45-53(51-23-19-29-59(46-51)82(57-25-9-7-10-26-57)71-37-21-35-66-62-32-15-17-39-73(62)84-77(66)71)41-42-55(56)49-69(70)75-64-34-14-13-31-61(64)68-48-54(43-44-65(68)76(75)81)52-24-20-30-60(47-52)83(58-27-11-8-12-28-58)72-38-22-36-67-63-33-16-18-40-74(63)85-78(67)72/h7-50H,1-6H3. The SMILES string of the molecule is CC(C)(C)C1(C(C)(C)C)c2cc3cc(-c4cccc(N(c5ccccc5)c5cccc6c5oc5ccccc56)c4)ccc3cc2-c2c1c1ccc(-c3cccc(N(c4ccccc4)c4cccc5c4oc4ccccc45)c3)cc1c1ccccc21. The smallest absolute Gasteiger partial charge is 0.159 e. The van der Waals surface area contributed by atoms with Crippen LogP contribution in [0, 0.1) is 10.8 Å². The van der Waals surface area contributed by atoms with Crippen molar-refractivity contribution < 1.29 is 8.83 Å². The molecule has 0 amide bonds. The van der Waals surface area contributed by atoms with Crippen molar-refractivity contribution in [3.8, 4) is 33.4 Å². The monoisotopic (exact) mass is 1090 g/mol. The summed E-state index contributed by atoms with van der Waals surface area (Å²) in [6.45, 7) is 14.8. The number of hydrogen-bond donors (Lipinski definition) is 0. The molecule has 0 saturated carbocycles. The van der Waals surface area contributed by atoms with Crippen LogP contribution in [-0.2, 0) is 5.41 Å². The Morgan fingerprint density at radius 3 is 1.31 bits per heavy atom. The largest absolute Gasteiger partial charge is 0.454 e. The van der Waals surface area contributed by atoms with E-state index in [1.54, 1.807) is 0 Å². The van der Waals surface area contributed by atoms with Crippen LogP contribution in [0.15, 0.2) is 276 Å². The fourth-order valence-corrected chi connectivity index (χ4v) is 15.3. The molecule has 0 aliphatic heterocycles. The van der Waals surface area contributed by atoms with Crippen LogP contribution in [0.25, 0.3) is 110 Å². The predicted molar refractivity (Wildman–Crippen MR) is 359 cm³/mol. The predicted octanol–water partition coefficient (Wildman–Crippen LogP) is 23.6. The van der Waals surface area contributed by atoms with Crippen LogP contribution in [0.4, 0.5) is 34.1 Å². The summed E-state index contributed by atoms with van der Waals surface area (Å²) in [5.41, 5.74) is 19.0. The van der Waals surface area contributed by atoms with E-state index < -0.39 is 5.41 Å². The summed E-state index contributed by atoms with van der Waals surface area (Å²) in [6, 6.07) is 97.5. The average molecular weight is 1100 g/mol. The maximum Gasteiger partial charge on any atom is 0.159 e. The quantitative estimate of drug-likeness (QED) is 0.142. The fourth-order valence-electron chi connectivity index (χ4n) is 15.3. The summed E-state index contributed by atoms with van der Waals surface area (Å²) in [5.74, 6) is 0. The average Bonchev–Trinajstić information content (AvgIpc) is 1.67. The number of furan rings is 2. The highest BCUT2D eigenvalue weighted by Gasteiger charge is 2.59. The third-order valence-electron chi connectivity index (χ3n) is 18.5. The van der Waals surface area contributed by atoms with E-state index in [4.69, 9.17) is 8.83 Å². The van der Waals surface area contributed by atoms with Crippen molar-refractivity contribution >= 4 is 110 Å². The molecular weight excluding hydrogens is 1030 g/mol. The van der Waals surface area contributed by atoms with Gasteiger partial charge in [0.1, 0.15) is 11.2 Å². The van der Waals surface area contributed by atoms with Crippen molar-refractivity contribution in [2.45, 2.75) is 47.0 Å². The lowest BCUT2D eigenvalue weighted by Gasteiger charge is -2.53. The van der Waals surface area contributed by atoms with Crippen molar-refractivity contribution in [2.75, 3.05) is 9.80 Å². The Balaban J connectivity index is 0.843. The molecule has 2 heterocycles. The zero-order valence-electron chi connectivity index (χ0n) is 48.6. The Kier molecular flexibility index (Phi) is 11.3. The van der Waals surface area contributed by atoms with E-state index in [1.807, 2.05) is 12.1 Å². The maximum atomic E-state index is 6.69. The first kappa shape index (κ1) is 50.6. The molecule has 1 aliphatic carbocycles. The van der Waals surface area contributed by atoms with E-state index in [1.165, 1.54) is 65.7 Å². The summed E-state index contributed by atoms with van der Waals surface area (Å²) < 4.78 is 13.4. The van der Waals surface area contributed by atoms with Crippen LogP contribution >= 0.6 is 0 Å². The second-order valence-electron chi connectivity index (χ2n) is 25.2. The molecule has 0 spiro atoms. The van der Waals surface area contributed by atoms with E-state index in [9.17, 15) is 0 Å². The molecule has 0 N–H and O–H groups in total. The molecule has 0 bridgehead atoms. The maximum absolute atomic E-state index is 6.69. The van der Waals surface area contributed by atoms with Gasteiger partial charge in [0.05, 0.1) is 11.4 Å². The number of nitrogens with zero attached hydrogens (tertiary/aromatic N) is 2. The van der Waals surface area contributed by atoms with Crippen molar-refractivity contribution in [1.82, 2.24) is 0 Å².